The number of aromatic nitrogens is 1. The fourth-order valence-electron chi connectivity index (χ4n) is 2.98. The SMILES string of the molecule is Cn1cc(CN2CCN(c3ccccc3Cl)CC2)cc1OC=O. The summed E-state index contributed by atoms with van der Waals surface area (Å²) < 4.78 is 6.76. The fourth-order valence-corrected chi connectivity index (χ4v) is 3.23. The first kappa shape index (κ1) is 15.9. The highest BCUT2D eigenvalue weighted by Crippen LogP contribution is 2.26. The van der Waals surface area contributed by atoms with Gasteiger partial charge in [-0.15, -0.1) is 0 Å². The van der Waals surface area contributed by atoms with E-state index in [0.29, 0.717) is 12.4 Å². The second-order valence-corrected chi connectivity index (χ2v) is 6.13. The summed E-state index contributed by atoms with van der Waals surface area (Å²) in [6.45, 7) is 5.17. The Labute approximate surface area is 141 Å². The zero-order valence-electron chi connectivity index (χ0n) is 13.1. The number of halogens is 1. The summed E-state index contributed by atoms with van der Waals surface area (Å²) in [7, 11) is 1.87. The van der Waals surface area contributed by atoms with Crippen LogP contribution in [0.2, 0.25) is 5.02 Å². The van der Waals surface area contributed by atoms with Crippen molar-refractivity contribution in [1.29, 1.82) is 0 Å². The Morgan fingerprint density at radius 3 is 2.65 bits per heavy atom. The van der Waals surface area contributed by atoms with Crippen LogP contribution >= 0.6 is 11.6 Å². The normalized spacial score (nSPS) is 15.7. The summed E-state index contributed by atoms with van der Waals surface area (Å²) in [5, 5.41) is 0.805. The van der Waals surface area contributed by atoms with Crippen molar-refractivity contribution in [1.82, 2.24) is 9.47 Å². The third-order valence-electron chi connectivity index (χ3n) is 4.16. The van der Waals surface area contributed by atoms with Crippen LogP contribution in [0.1, 0.15) is 5.56 Å². The summed E-state index contributed by atoms with van der Waals surface area (Å²) in [5.41, 5.74) is 2.26. The highest BCUT2D eigenvalue weighted by Gasteiger charge is 2.19. The predicted octanol–water partition coefficient (Wildman–Crippen LogP) is 2.54. The highest BCUT2D eigenvalue weighted by atomic mass is 35.5. The van der Waals surface area contributed by atoms with Crippen LogP contribution in [0.15, 0.2) is 36.5 Å². The van der Waals surface area contributed by atoms with Crippen molar-refractivity contribution >= 4 is 23.8 Å². The molecule has 23 heavy (non-hydrogen) atoms. The van der Waals surface area contributed by atoms with Gasteiger partial charge >= 0.3 is 0 Å². The van der Waals surface area contributed by atoms with Crippen LogP contribution in [-0.2, 0) is 18.4 Å². The predicted molar refractivity (Wildman–Crippen MR) is 91.0 cm³/mol. The molecule has 0 amide bonds. The summed E-state index contributed by atoms with van der Waals surface area (Å²) in [5.74, 6) is 0.574. The topological polar surface area (TPSA) is 37.7 Å². The molecule has 2 heterocycles. The molecule has 2 aromatic rings. The molecule has 0 N–H and O–H groups in total. The molecule has 0 radical (unpaired) electrons. The maximum absolute atomic E-state index is 10.5. The zero-order chi connectivity index (χ0) is 16.2. The number of rotatable bonds is 5. The van der Waals surface area contributed by atoms with E-state index in [-0.39, 0.29) is 0 Å². The Balaban J connectivity index is 1.58. The maximum atomic E-state index is 10.5. The van der Waals surface area contributed by atoms with Gasteiger partial charge in [0.15, 0.2) is 0 Å². The number of anilines is 1. The number of benzene rings is 1. The first-order valence-corrected chi connectivity index (χ1v) is 8.02. The van der Waals surface area contributed by atoms with Crippen LogP contribution in [0.25, 0.3) is 0 Å². The smallest absolute Gasteiger partial charge is 0.299 e. The summed E-state index contributed by atoms with van der Waals surface area (Å²) >= 11 is 6.27. The fraction of sp³-hybridized carbons (Fsp3) is 0.353. The van der Waals surface area contributed by atoms with Gasteiger partial charge in [0.05, 0.1) is 10.7 Å². The van der Waals surface area contributed by atoms with Gasteiger partial charge in [-0.3, -0.25) is 9.69 Å². The number of aryl methyl sites for hydroxylation is 1. The van der Waals surface area contributed by atoms with Crippen LogP contribution in [0.3, 0.4) is 0 Å². The Morgan fingerprint density at radius 2 is 1.96 bits per heavy atom. The van der Waals surface area contributed by atoms with Crippen LogP contribution in [0, 0.1) is 0 Å². The molecule has 1 saturated heterocycles. The average Bonchev–Trinajstić information content (AvgIpc) is 2.89. The van der Waals surface area contributed by atoms with Crippen LogP contribution in [0.4, 0.5) is 5.69 Å². The van der Waals surface area contributed by atoms with E-state index in [0.717, 1.165) is 49.0 Å². The molecule has 1 aliphatic rings. The third kappa shape index (κ3) is 3.68. The number of hydrogen-bond acceptors (Lipinski definition) is 4. The molecule has 1 fully saturated rings. The van der Waals surface area contributed by atoms with E-state index in [9.17, 15) is 4.79 Å². The largest absolute Gasteiger partial charge is 0.412 e. The molecule has 1 aromatic heterocycles. The Hall–Kier alpha value is -1.98. The Morgan fingerprint density at radius 1 is 1.22 bits per heavy atom. The highest BCUT2D eigenvalue weighted by molar-refractivity contribution is 6.33. The lowest BCUT2D eigenvalue weighted by Gasteiger charge is -2.36. The number of piperazine rings is 1. The van der Waals surface area contributed by atoms with Gasteiger partial charge in [-0.05, 0) is 17.7 Å². The first-order chi connectivity index (χ1) is 11.2. The van der Waals surface area contributed by atoms with Gasteiger partial charge in [0, 0.05) is 52.0 Å². The molecule has 122 valence electrons. The van der Waals surface area contributed by atoms with Crippen molar-refractivity contribution in [3.05, 3.63) is 47.1 Å². The quantitative estimate of drug-likeness (QED) is 0.788. The Kier molecular flexibility index (Phi) is 4.88. The first-order valence-electron chi connectivity index (χ1n) is 7.65. The van der Waals surface area contributed by atoms with Crippen LogP contribution < -0.4 is 9.64 Å². The number of para-hydroxylation sites is 1. The molecule has 0 spiro atoms. The Bertz CT molecular complexity index is 678. The minimum absolute atomic E-state index is 0.460. The van der Waals surface area contributed by atoms with Crippen LogP contribution in [0.5, 0.6) is 5.88 Å². The van der Waals surface area contributed by atoms with Gasteiger partial charge in [0.1, 0.15) is 0 Å². The second kappa shape index (κ2) is 7.06. The molecule has 1 aromatic carbocycles. The van der Waals surface area contributed by atoms with E-state index >= 15 is 0 Å². The van der Waals surface area contributed by atoms with Gasteiger partial charge in [0.25, 0.3) is 6.47 Å². The second-order valence-electron chi connectivity index (χ2n) is 5.73. The maximum Gasteiger partial charge on any atom is 0.299 e. The molecule has 0 saturated carbocycles. The molecule has 3 rings (SSSR count). The molecule has 0 atom stereocenters. The van der Waals surface area contributed by atoms with Crippen molar-refractivity contribution in [3.63, 3.8) is 0 Å². The average molecular weight is 334 g/mol. The van der Waals surface area contributed by atoms with E-state index in [1.165, 1.54) is 0 Å². The van der Waals surface area contributed by atoms with E-state index in [4.69, 9.17) is 16.3 Å². The van der Waals surface area contributed by atoms with Gasteiger partial charge in [-0.25, -0.2) is 0 Å². The molecular weight excluding hydrogens is 314 g/mol. The van der Waals surface area contributed by atoms with E-state index in [1.807, 2.05) is 42.1 Å². The van der Waals surface area contributed by atoms with E-state index in [2.05, 4.69) is 15.9 Å². The van der Waals surface area contributed by atoms with Crippen molar-refractivity contribution in [2.45, 2.75) is 6.54 Å². The summed E-state index contributed by atoms with van der Waals surface area (Å²) in [6, 6.07) is 9.89. The molecule has 0 aliphatic carbocycles. The third-order valence-corrected chi connectivity index (χ3v) is 4.48. The van der Waals surface area contributed by atoms with E-state index in [1.54, 1.807) is 0 Å². The summed E-state index contributed by atoms with van der Waals surface area (Å²) in [6.07, 6.45) is 2.00. The minimum Gasteiger partial charge on any atom is -0.412 e. The number of hydrogen-bond donors (Lipinski definition) is 0. The van der Waals surface area contributed by atoms with Crippen molar-refractivity contribution in [2.24, 2.45) is 7.05 Å². The standard InChI is InChI=1S/C17H20ClN3O2/c1-19-11-14(10-17(19)23-13-22)12-20-6-8-21(9-7-20)16-5-3-2-4-15(16)18/h2-5,10-11,13H,6-9,12H2,1H3. The number of carbonyl (C=O) groups is 1. The number of nitrogens with zero attached hydrogens (tertiary/aromatic N) is 3. The van der Waals surface area contributed by atoms with Crippen molar-refractivity contribution in [3.8, 4) is 5.88 Å². The molecule has 5 nitrogen and oxygen atoms in total. The number of ether oxygens (including phenoxy) is 1. The van der Waals surface area contributed by atoms with Crippen LogP contribution in [-0.4, -0.2) is 42.1 Å². The zero-order valence-corrected chi connectivity index (χ0v) is 13.9. The van der Waals surface area contributed by atoms with Crippen molar-refractivity contribution < 1.29 is 9.53 Å². The monoisotopic (exact) mass is 333 g/mol. The molecule has 0 unspecified atom stereocenters. The lowest BCUT2D eigenvalue weighted by atomic mass is 10.2. The number of carbonyl (C=O) groups excluding carboxylic acids is 1. The molecule has 6 heteroatoms. The molecule has 0 bridgehead atoms. The molecule has 1 aliphatic heterocycles. The lowest BCUT2D eigenvalue weighted by molar-refractivity contribution is -0.121. The lowest BCUT2D eigenvalue weighted by Crippen LogP contribution is -2.46. The summed E-state index contributed by atoms with van der Waals surface area (Å²) in [4.78, 5) is 15.2. The minimum atomic E-state index is 0.460. The van der Waals surface area contributed by atoms with Gasteiger partial charge in [-0.1, -0.05) is 23.7 Å². The van der Waals surface area contributed by atoms with Crippen molar-refractivity contribution in [2.75, 3.05) is 31.1 Å². The van der Waals surface area contributed by atoms with Gasteiger partial charge < -0.3 is 14.2 Å². The van der Waals surface area contributed by atoms with E-state index < -0.39 is 0 Å². The molecular formula is C17H20ClN3O2. The van der Waals surface area contributed by atoms with Gasteiger partial charge in [0.2, 0.25) is 5.88 Å². The van der Waals surface area contributed by atoms with Gasteiger partial charge in [-0.2, -0.15) is 0 Å².